The van der Waals surface area contributed by atoms with Gasteiger partial charge in [-0.05, 0) is 93.5 Å². The average molecular weight is 610 g/mol. The maximum absolute atomic E-state index is 12.5. The summed E-state index contributed by atoms with van der Waals surface area (Å²) in [6.07, 6.45) is 5.79. The van der Waals surface area contributed by atoms with Crippen molar-refractivity contribution in [2.45, 2.75) is 64.2 Å². The van der Waals surface area contributed by atoms with E-state index in [4.69, 9.17) is 9.97 Å². The number of amides is 2. The third-order valence-corrected chi connectivity index (χ3v) is 9.01. The number of benzene rings is 3. The van der Waals surface area contributed by atoms with Crippen LogP contribution in [0.15, 0.2) is 89.8 Å². The summed E-state index contributed by atoms with van der Waals surface area (Å²) in [6.45, 7) is 6.24. The lowest BCUT2D eigenvalue weighted by Crippen LogP contribution is -2.40. The number of sulfonamides is 1. The van der Waals surface area contributed by atoms with Gasteiger partial charge in [-0.2, -0.15) is 0 Å². The van der Waals surface area contributed by atoms with Gasteiger partial charge in [-0.15, -0.1) is 0 Å². The van der Waals surface area contributed by atoms with Crippen molar-refractivity contribution in [1.82, 2.24) is 24.6 Å². The van der Waals surface area contributed by atoms with Crippen molar-refractivity contribution in [2.24, 2.45) is 0 Å². The first-order chi connectivity index (χ1) is 21.2. The number of urea groups is 1. The smallest absolute Gasteiger partial charge is 0.328 e. The standard InChI is InChI=1S/C35H39N5O3S/c1-25-14-20-31(21-15-25)44(42,43)39-35(41)36-23-22-29-16-18-30(19-17-29)40-32(38-33-26(2)24-27(3)37-34(33)40)13-9-5-8-12-28-10-6-4-7-11-28/h4,6-7,10-11,14-21,24H,5,8-9,12-13,22-23H2,1-3H3,(H2,36,39,41). The van der Waals surface area contributed by atoms with Gasteiger partial charge in [0.2, 0.25) is 0 Å². The highest BCUT2D eigenvalue weighted by Crippen LogP contribution is 2.25. The van der Waals surface area contributed by atoms with E-state index in [0.29, 0.717) is 6.42 Å². The number of pyridine rings is 1. The van der Waals surface area contributed by atoms with Gasteiger partial charge >= 0.3 is 6.03 Å². The second-order valence-electron chi connectivity index (χ2n) is 11.3. The van der Waals surface area contributed by atoms with Gasteiger partial charge < -0.3 is 5.32 Å². The molecule has 2 amide bonds. The summed E-state index contributed by atoms with van der Waals surface area (Å²) in [6, 6.07) is 26.4. The number of aromatic nitrogens is 3. The Morgan fingerprint density at radius 1 is 0.773 bits per heavy atom. The Kier molecular flexibility index (Phi) is 9.75. The van der Waals surface area contributed by atoms with E-state index in [1.807, 2.05) is 26.0 Å². The largest absolute Gasteiger partial charge is 0.337 e. The van der Waals surface area contributed by atoms with Crippen molar-refractivity contribution in [3.05, 3.63) is 119 Å². The van der Waals surface area contributed by atoms with Gasteiger partial charge in [-0.1, -0.05) is 66.6 Å². The molecule has 44 heavy (non-hydrogen) atoms. The number of unbranched alkanes of at least 4 members (excludes halogenated alkanes) is 2. The summed E-state index contributed by atoms with van der Waals surface area (Å²) in [4.78, 5) is 22.2. The zero-order valence-corrected chi connectivity index (χ0v) is 26.3. The molecule has 0 spiro atoms. The Labute approximate surface area is 259 Å². The molecule has 0 unspecified atom stereocenters. The van der Waals surface area contributed by atoms with Crippen molar-refractivity contribution in [3.8, 4) is 5.69 Å². The molecule has 0 saturated heterocycles. The molecule has 0 aliphatic heterocycles. The molecule has 5 aromatic rings. The zero-order chi connectivity index (χ0) is 31.1. The molecule has 0 aliphatic rings. The van der Waals surface area contributed by atoms with Crippen molar-refractivity contribution in [2.75, 3.05) is 6.54 Å². The second-order valence-corrected chi connectivity index (χ2v) is 12.9. The summed E-state index contributed by atoms with van der Waals surface area (Å²) in [5.41, 5.74) is 8.17. The monoisotopic (exact) mass is 609 g/mol. The minimum Gasteiger partial charge on any atom is -0.337 e. The normalized spacial score (nSPS) is 11.5. The van der Waals surface area contributed by atoms with Crippen LogP contribution in [0.25, 0.3) is 16.9 Å². The number of nitrogens with one attached hydrogen (secondary N) is 2. The molecule has 0 radical (unpaired) electrons. The van der Waals surface area contributed by atoms with Gasteiger partial charge in [0.05, 0.1) is 4.90 Å². The first-order valence-electron chi connectivity index (χ1n) is 15.1. The van der Waals surface area contributed by atoms with E-state index in [2.05, 4.69) is 70.1 Å². The molecule has 0 fully saturated rings. The minimum absolute atomic E-state index is 0.0484. The highest BCUT2D eigenvalue weighted by molar-refractivity contribution is 7.90. The van der Waals surface area contributed by atoms with Crippen LogP contribution in [0, 0.1) is 20.8 Å². The van der Waals surface area contributed by atoms with Crippen LogP contribution in [0.5, 0.6) is 0 Å². The van der Waals surface area contributed by atoms with Crippen LogP contribution in [-0.4, -0.2) is 35.5 Å². The van der Waals surface area contributed by atoms with E-state index >= 15 is 0 Å². The third kappa shape index (κ3) is 7.71. The average Bonchev–Trinajstić information content (AvgIpc) is 3.36. The Morgan fingerprint density at radius 3 is 2.18 bits per heavy atom. The molecule has 2 aromatic heterocycles. The van der Waals surface area contributed by atoms with Crippen LogP contribution in [-0.2, 0) is 29.3 Å². The predicted octanol–water partition coefficient (Wildman–Crippen LogP) is 6.53. The molecule has 9 heteroatoms. The molecule has 2 heterocycles. The topological polar surface area (TPSA) is 106 Å². The number of fused-ring (bicyclic) bond motifs is 1. The molecule has 3 aromatic carbocycles. The molecule has 0 atom stereocenters. The fourth-order valence-electron chi connectivity index (χ4n) is 5.34. The van der Waals surface area contributed by atoms with Crippen LogP contribution in [0.2, 0.25) is 0 Å². The Balaban J connectivity index is 1.22. The molecule has 0 aliphatic carbocycles. The summed E-state index contributed by atoms with van der Waals surface area (Å²) < 4.78 is 29.2. The number of nitrogens with zero attached hydrogens (tertiary/aromatic N) is 3. The highest BCUT2D eigenvalue weighted by atomic mass is 32.2. The van der Waals surface area contributed by atoms with Crippen LogP contribution in [0.3, 0.4) is 0 Å². The summed E-state index contributed by atoms with van der Waals surface area (Å²) in [5, 5.41) is 2.65. The number of carbonyl (C=O) groups excluding carboxylic acids is 1. The van der Waals surface area contributed by atoms with Crippen LogP contribution >= 0.6 is 0 Å². The van der Waals surface area contributed by atoms with Gasteiger partial charge in [0.25, 0.3) is 10.0 Å². The van der Waals surface area contributed by atoms with E-state index in [-0.39, 0.29) is 11.4 Å². The molecule has 228 valence electrons. The summed E-state index contributed by atoms with van der Waals surface area (Å²) in [5.74, 6) is 1.00. The fraction of sp³-hybridized carbons (Fsp3) is 0.286. The van der Waals surface area contributed by atoms with E-state index in [0.717, 1.165) is 77.2 Å². The van der Waals surface area contributed by atoms with Crippen molar-refractivity contribution < 1.29 is 13.2 Å². The van der Waals surface area contributed by atoms with Crippen LogP contribution in [0.4, 0.5) is 4.79 Å². The van der Waals surface area contributed by atoms with E-state index in [1.165, 1.54) is 17.7 Å². The van der Waals surface area contributed by atoms with Gasteiger partial charge in [-0.25, -0.2) is 27.9 Å². The van der Waals surface area contributed by atoms with Gasteiger partial charge in [-0.3, -0.25) is 4.57 Å². The Morgan fingerprint density at radius 2 is 1.45 bits per heavy atom. The van der Waals surface area contributed by atoms with Crippen LogP contribution in [0.1, 0.15) is 53.0 Å². The zero-order valence-electron chi connectivity index (χ0n) is 25.5. The number of imidazole rings is 1. The SMILES string of the molecule is Cc1ccc(S(=O)(=O)NC(=O)NCCc2ccc(-n3c(CCCCCc4ccccc4)nc4c(C)cc(C)nc43)cc2)cc1. The quantitative estimate of drug-likeness (QED) is 0.157. The summed E-state index contributed by atoms with van der Waals surface area (Å²) in [7, 11) is -3.93. The Hall–Kier alpha value is -4.50. The molecule has 5 rings (SSSR count). The first kappa shape index (κ1) is 30.9. The van der Waals surface area contributed by atoms with Gasteiger partial charge in [0.15, 0.2) is 5.65 Å². The maximum atomic E-state index is 12.5. The molecular formula is C35H39N5O3S. The number of aryl methyl sites for hydroxylation is 5. The number of rotatable bonds is 12. The molecule has 8 nitrogen and oxygen atoms in total. The third-order valence-electron chi connectivity index (χ3n) is 7.66. The van der Waals surface area contributed by atoms with Gasteiger partial charge in [0, 0.05) is 24.3 Å². The molecule has 0 bridgehead atoms. The lowest BCUT2D eigenvalue weighted by atomic mass is 10.1. The van der Waals surface area contributed by atoms with E-state index in [1.54, 1.807) is 12.1 Å². The lowest BCUT2D eigenvalue weighted by molar-refractivity contribution is 0.246. The molecular weight excluding hydrogens is 570 g/mol. The fourth-order valence-corrected chi connectivity index (χ4v) is 6.27. The van der Waals surface area contributed by atoms with E-state index in [9.17, 15) is 13.2 Å². The predicted molar refractivity (Wildman–Crippen MR) is 175 cm³/mol. The van der Waals surface area contributed by atoms with Crippen LogP contribution < -0.4 is 10.0 Å². The maximum Gasteiger partial charge on any atom is 0.328 e. The van der Waals surface area contributed by atoms with Crippen molar-refractivity contribution in [3.63, 3.8) is 0 Å². The minimum atomic E-state index is -3.93. The number of hydrogen-bond donors (Lipinski definition) is 2. The summed E-state index contributed by atoms with van der Waals surface area (Å²) >= 11 is 0. The van der Waals surface area contributed by atoms with Crippen molar-refractivity contribution in [1.29, 1.82) is 0 Å². The molecule has 0 saturated carbocycles. The van der Waals surface area contributed by atoms with Crippen molar-refractivity contribution >= 4 is 27.2 Å². The van der Waals surface area contributed by atoms with Gasteiger partial charge in [0.1, 0.15) is 11.3 Å². The second kappa shape index (κ2) is 13.9. The first-order valence-corrected chi connectivity index (χ1v) is 16.5. The lowest BCUT2D eigenvalue weighted by Gasteiger charge is -2.11. The Bertz CT molecular complexity index is 1830. The number of hydrogen-bond acceptors (Lipinski definition) is 5. The number of carbonyl (C=O) groups is 1. The molecule has 2 N–H and O–H groups in total. The van der Waals surface area contributed by atoms with E-state index < -0.39 is 16.1 Å². The highest BCUT2D eigenvalue weighted by Gasteiger charge is 2.18.